The Morgan fingerprint density at radius 2 is 1.82 bits per heavy atom. The van der Waals surface area contributed by atoms with E-state index in [1.807, 2.05) is 31.2 Å². The lowest BCUT2D eigenvalue weighted by atomic mass is 9.80. The molecule has 0 aromatic heterocycles. The van der Waals surface area contributed by atoms with E-state index >= 15 is 0 Å². The van der Waals surface area contributed by atoms with Crippen LogP contribution >= 0.6 is 11.6 Å². The molecular formula is C24H29ClN2O5S. The summed E-state index contributed by atoms with van der Waals surface area (Å²) in [7, 11) is -2.23. The topological polar surface area (TPSA) is 87.2 Å². The van der Waals surface area contributed by atoms with Crippen LogP contribution in [0.15, 0.2) is 53.4 Å². The van der Waals surface area contributed by atoms with Crippen LogP contribution < -0.4 is 4.90 Å². The molecule has 2 aliphatic heterocycles. The average Bonchev–Trinajstić information content (AvgIpc) is 3.12. The second-order valence-corrected chi connectivity index (χ2v) is 11.3. The van der Waals surface area contributed by atoms with Crippen molar-refractivity contribution in [2.45, 2.75) is 36.7 Å². The molecule has 2 heterocycles. The first-order valence-corrected chi connectivity index (χ1v) is 12.9. The van der Waals surface area contributed by atoms with Gasteiger partial charge in [-0.1, -0.05) is 42.8 Å². The smallest absolute Gasteiger partial charge is 0.244 e. The van der Waals surface area contributed by atoms with E-state index in [-0.39, 0.29) is 35.6 Å². The van der Waals surface area contributed by atoms with Crippen LogP contribution in [0.1, 0.15) is 31.7 Å². The zero-order chi connectivity index (χ0) is 23.9. The molecule has 2 aliphatic rings. The highest BCUT2D eigenvalue weighted by molar-refractivity contribution is 7.89. The molecule has 2 saturated heterocycles. The summed E-state index contributed by atoms with van der Waals surface area (Å²) in [5.41, 5.74) is -0.0150. The van der Waals surface area contributed by atoms with Crippen molar-refractivity contribution in [2.75, 3.05) is 38.3 Å². The maximum atomic E-state index is 13.5. The number of ether oxygens (including phenoxy) is 1. The van der Waals surface area contributed by atoms with E-state index in [0.717, 1.165) is 11.3 Å². The number of hydrogen-bond donors (Lipinski definition) is 1. The Labute approximate surface area is 200 Å². The van der Waals surface area contributed by atoms with Crippen LogP contribution in [-0.2, 0) is 25.2 Å². The van der Waals surface area contributed by atoms with E-state index in [2.05, 4.69) is 0 Å². The predicted molar refractivity (Wildman–Crippen MR) is 127 cm³/mol. The maximum Gasteiger partial charge on any atom is 0.244 e. The first-order valence-electron chi connectivity index (χ1n) is 11.1. The number of rotatable bonds is 8. The summed E-state index contributed by atoms with van der Waals surface area (Å²) >= 11 is 6.11. The van der Waals surface area contributed by atoms with Crippen molar-refractivity contribution in [2.24, 2.45) is 5.41 Å². The number of nitrogens with zero attached hydrogens (tertiary/aromatic N) is 2. The fraction of sp³-hybridized carbons (Fsp3) is 0.458. The van der Waals surface area contributed by atoms with Crippen molar-refractivity contribution < 1.29 is 23.1 Å². The number of hydrogen-bond acceptors (Lipinski definition) is 5. The van der Waals surface area contributed by atoms with Crippen molar-refractivity contribution in [3.05, 3.63) is 59.1 Å². The van der Waals surface area contributed by atoms with Crippen LogP contribution in [0, 0.1) is 5.41 Å². The normalized spacial score (nSPS) is 22.6. The number of amides is 1. The number of carbonyl (C=O) groups excluding carboxylic acids is 1. The fourth-order valence-corrected chi connectivity index (χ4v) is 6.19. The van der Waals surface area contributed by atoms with Gasteiger partial charge in [0, 0.05) is 25.8 Å². The molecule has 33 heavy (non-hydrogen) atoms. The van der Waals surface area contributed by atoms with Crippen molar-refractivity contribution >= 4 is 33.2 Å². The van der Waals surface area contributed by atoms with E-state index in [1.54, 1.807) is 23.1 Å². The molecule has 0 bridgehead atoms. The van der Waals surface area contributed by atoms with E-state index in [9.17, 15) is 18.3 Å². The van der Waals surface area contributed by atoms with Crippen LogP contribution in [0.4, 0.5) is 5.69 Å². The van der Waals surface area contributed by atoms with Crippen LogP contribution in [0.3, 0.4) is 0 Å². The third kappa shape index (κ3) is 4.31. The van der Waals surface area contributed by atoms with Gasteiger partial charge in [-0.15, -0.1) is 0 Å². The molecule has 178 valence electrons. The predicted octanol–water partition coefficient (Wildman–Crippen LogP) is 3.40. The van der Waals surface area contributed by atoms with Gasteiger partial charge in [0.2, 0.25) is 15.9 Å². The molecule has 1 amide bonds. The minimum Gasteiger partial charge on any atom is -0.380 e. The number of halogens is 1. The molecule has 1 N–H and O–H groups in total. The van der Waals surface area contributed by atoms with Crippen LogP contribution in [0.25, 0.3) is 0 Å². The largest absolute Gasteiger partial charge is 0.380 e. The number of sulfonamides is 1. The minimum atomic E-state index is -3.75. The summed E-state index contributed by atoms with van der Waals surface area (Å²) in [6.45, 7) is 3.31. The molecule has 0 spiro atoms. The van der Waals surface area contributed by atoms with Gasteiger partial charge in [-0.25, -0.2) is 12.7 Å². The summed E-state index contributed by atoms with van der Waals surface area (Å²) in [4.78, 5) is 15.3. The third-order valence-electron chi connectivity index (χ3n) is 7.02. The number of aliphatic hydroxyl groups is 1. The van der Waals surface area contributed by atoms with Crippen LogP contribution in [0.2, 0.25) is 5.02 Å². The highest BCUT2D eigenvalue weighted by Crippen LogP contribution is 2.41. The average molecular weight is 493 g/mol. The molecule has 2 aromatic carbocycles. The second-order valence-electron chi connectivity index (χ2n) is 8.92. The third-order valence-corrected chi connectivity index (χ3v) is 9.37. The van der Waals surface area contributed by atoms with Gasteiger partial charge in [0.25, 0.3) is 0 Å². The van der Waals surface area contributed by atoms with Crippen LogP contribution in [-0.4, -0.2) is 57.1 Å². The molecule has 0 saturated carbocycles. The SMILES string of the molecule is CCC1(CCN(C)S(=O)(=O)c2ccccc2Cl)CCN(c2ccc(C3(O)COC3)cc2)C1=O. The number of anilines is 1. The molecule has 2 fully saturated rings. The molecule has 9 heteroatoms. The highest BCUT2D eigenvalue weighted by Gasteiger charge is 2.46. The fourth-order valence-electron chi connectivity index (χ4n) is 4.53. The monoisotopic (exact) mass is 492 g/mol. The quantitative estimate of drug-likeness (QED) is 0.610. The van der Waals surface area contributed by atoms with E-state index in [1.165, 1.54) is 17.4 Å². The Bertz CT molecular complexity index is 1130. The van der Waals surface area contributed by atoms with Gasteiger partial charge in [-0.3, -0.25) is 4.79 Å². The molecule has 2 aromatic rings. The maximum absolute atomic E-state index is 13.5. The van der Waals surface area contributed by atoms with Gasteiger partial charge in [0.1, 0.15) is 10.5 Å². The lowest BCUT2D eigenvalue weighted by Crippen LogP contribution is -2.46. The molecule has 1 unspecified atom stereocenters. The molecular weight excluding hydrogens is 464 g/mol. The summed E-state index contributed by atoms with van der Waals surface area (Å²) in [5, 5.41) is 10.6. The van der Waals surface area contributed by atoms with Crippen molar-refractivity contribution in [1.82, 2.24) is 4.31 Å². The van der Waals surface area contributed by atoms with Crippen molar-refractivity contribution in [3.8, 4) is 0 Å². The summed E-state index contributed by atoms with van der Waals surface area (Å²) in [6, 6.07) is 13.7. The van der Waals surface area contributed by atoms with E-state index in [4.69, 9.17) is 16.3 Å². The molecule has 0 aliphatic carbocycles. The molecule has 7 nitrogen and oxygen atoms in total. The summed E-state index contributed by atoms with van der Waals surface area (Å²) < 4.78 is 32.3. The Morgan fingerprint density at radius 3 is 2.39 bits per heavy atom. The van der Waals surface area contributed by atoms with Gasteiger partial charge in [-0.2, -0.15) is 0 Å². The van der Waals surface area contributed by atoms with Gasteiger partial charge in [0.15, 0.2) is 0 Å². The first kappa shape index (κ1) is 24.2. The van der Waals surface area contributed by atoms with Crippen LogP contribution in [0.5, 0.6) is 0 Å². The van der Waals surface area contributed by atoms with Gasteiger partial charge >= 0.3 is 0 Å². The van der Waals surface area contributed by atoms with Gasteiger partial charge in [0.05, 0.1) is 23.7 Å². The standard InChI is InChI=1S/C24H29ClN2O5S/c1-3-23(12-14-26(2)33(30,31)21-7-5-4-6-20(21)25)13-15-27(22(23)28)19-10-8-18(9-11-19)24(29)16-32-17-24/h4-11,29H,3,12-17H2,1-2H3. The Morgan fingerprint density at radius 1 is 1.15 bits per heavy atom. The van der Waals surface area contributed by atoms with Gasteiger partial charge in [-0.05, 0) is 49.1 Å². The first-order chi connectivity index (χ1) is 15.6. The highest BCUT2D eigenvalue weighted by atomic mass is 35.5. The number of benzene rings is 2. The lowest BCUT2D eigenvalue weighted by molar-refractivity contribution is -0.184. The lowest BCUT2D eigenvalue weighted by Gasteiger charge is -2.37. The molecule has 0 radical (unpaired) electrons. The zero-order valence-electron chi connectivity index (χ0n) is 18.8. The van der Waals surface area contributed by atoms with Crippen molar-refractivity contribution in [1.29, 1.82) is 0 Å². The summed E-state index contributed by atoms with van der Waals surface area (Å²) in [6.07, 6.45) is 1.70. The van der Waals surface area contributed by atoms with E-state index in [0.29, 0.717) is 25.8 Å². The second kappa shape index (κ2) is 9.00. The van der Waals surface area contributed by atoms with Crippen molar-refractivity contribution in [3.63, 3.8) is 0 Å². The van der Waals surface area contributed by atoms with Gasteiger partial charge < -0.3 is 14.7 Å². The summed E-state index contributed by atoms with van der Waals surface area (Å²) in [5.74, 6) is 0.00646. The molecule has 1 atom stereocenters. The minimum absolute atomic E-state index is 0.00646. The Hall–Kier alpha value is -1.97. The zero-order valence-corrected chi connectivity index (χ0v) is 20.4. The Balaban J connectivity index is 1.46. The van der Waals surface area contributed by atoms with E-state index < -0.39 is 21.0 Å². The number of carbonyl (C=O) groups is 1. The Kier molecular flexibility index (Phi) is 6.59. The molecule has 4 rings (SSSR count).